The Bertz CT molecular complexity index is 927. The Labute approximate surface area is 170 Å². The van der Waals surface area contributed by atoms with Gasteiger partial charge in [-0.05, 0) is 45.6 Å². The van der Waals surface area contributed by atoms with Crippen LogP contribution >= 0.6 is 11.3 Å². The average molecular weight is 425 g/mol. The second-order valence-corrected chi connectivity index (χ2v) is 9.93. The zero-order chi connectivity index (χ0) is 20.3. The number of hydrogen-bond donors (Lipinski definition) is 1. The van der Waals surface area contributed by atoms with Crippen LogP contribution in [0.3, 0.4) is 0 Å². The highest BCUT2D eigenvalue weighted by atomic mass is 32.2. The van der Waals surface area contributed by atoms with E-state index in [2.05, 4.69) is 9.71 Å². The number of nitrogens with zero attached hydrogens (tertiary/aromatic N) is 3. The molecule has 2 aromatic rings. The molecule has 0 bridgehead atoms. The number of aromatic nitrogens is 2. The number of piperidine rings is 1. The van der Waals surface area contributed by atoms with Gasteiger partial charge in [0.1, 0.15) is 16.4 Å². The maximum atomic E-state index is 12.8. The Hall–Kier alpha value is -1.71. The number of carbonyl (C=O) groups is 1. The fourth-order valence-corrected chi connectivity index (χ4v) is 5.41. The predicted molar refractivity (Wildman–Crippen MR) is 111 cm³/mol. The molecular weight excluding hydrogens is 396 g/mol. The minimum absolute atomic E-state index is 0.0173. The molecule has 0 saturated carbocycles. The highest BCUT2D eigenvalue weighted by Gasteiger charge is 2.24. The van der Waals surface area contributed by atoms with Gasteiger partial charge < -0.3 is 9.47 Å². The van der Waals surface area contributed by atoms with E-state index in [9.17, 15) is 13.2 Å². The van der Waals surface area contributed by atoms with Crippen molar-refractivity contribution in [2.75, 3.05) is 13.1 Å². The lowest BCUT2D eigenvalue weighted by Gasteiger charge is -2.27. The van der Waals surface area contributed by atoms with E-state index < -0.39 is 10.0 Å². The standard InChI is InChI=1S/C19H28N4O3S2/c1-4-14(2)21-28(25,26)16-10-17(19-20-15(3)13-27-19)23(11-16)12-18(24)22-8-6-5-7-9-22/h10-11,13-14,21H,4-9,12H2,1-3H3. The number of carbonyl (C=O) groups excluding carboxylic acids is 1. The topological polar surface area (TPSA) is 84.3 Å². The van der Waals surface area contributed by atoms with E-state index in [1.54, 1.807) is 16.8 Å². The van der Waals surface area contributed by atoms with Crippen LogP contribution in [-0.4, -0.2) is 47.9 Å². The number of aryl methyl sites for hydroxylation is 1. The fraction of sp³-hybridized carbons (Fsp3) is 0.579. The Kier molecular flexibility index (Phi) is 6.57. The highest BCUT2D eigenvalue weighted by Crippen LogP contribution is 2.28. The van der Waals surface area contributed by atoms with Gasteiger partial charge in [0.25, 0.3) is 0 Å². The van der Waals surface area contributed by atoms with Crippen LogP contribution in [0.15, 0.2) is 22.5 Å². The van der Waals surface area contributed by atoms with Gasteiger partial charge in [0.2, 0.25) is 15.9 Å². The Morgan fingerprint density at radius 1 is 1.32 bits per heavy atom. The normalized spacial score (nSPS) is 16.3. The van der Waals surface area contributed by atoms with Gasteiger partial charge in [-0.25, -0.2) is 18.1 Å². The van der Waals surface area contributed by atoms with E-state index in [-0.39, 0.29) is 23.4 Å². The summed E-state index contributed by atoms with van der Waals surface area (Å²) >= 11 is 1.45. The summed E-state index contributed by atoms with van der Waals surface area (Å²) in [5.74, 6) is 0.0173. The second kappa shape index (κ2) is 8.75. The molecule has 3 rings (SSSR count). The van der Waals surface area contributed by atoms with Crippen LogP contribution in [-0.2, 0) is 21.4 Å². The molecule has 154 valence electrons. The third-order valence-electron chi connectivity index (χ3n) is 5.00. The molecule has 1 N–H and O–H groups in total. The van der Waals surface area contributed by atoms with Crippen molar-refractivity contribution >= 4 is 27.3 Å². The molecule has 0 aliphatic carbocycles. The molecule has 1 fully saturated rings. The Morgan fingerprint density at radius 2 is 2.04 bits per heavy atom. The molecule has 1 atom stereocenters. The SMILES string of the molecule is CCC(C)NS(=O)(=O)c1cc(-c2nc(C)cs2)n(CC(=O)N2CCCCC2)c1. The van der Waals surface area contributed by atoms with Crippen LogP contribution < -0.4 is 4.72 Å². The number of likely N-dealkylation sites (tertiary alicyclic amines) is 1. The van der Waals surface area contributed by atoms with Gasteiger partial charge in [0.15, 0.2) is 0 Å². The number of thiazole rings is 1. The minimum Gasteiger partial charge on any atom is -0.341 e. The summed E-state index contributed by atoms with van der Waals surface area (Å²) in [4.78, 5) is 19.3. The van der Waals surface area contributed by atoms with Crippen molar-refractivity contribution in [1.82, 2.24) is 19.2 Å². The smallest absolute Gasteiger partial charge is 0.242 e. The number of hydrogen-bond acceptors (Lipinski definition) is 5. The lowest BCUT2D eigenvalue weighted by molar-refractivity contribution is -0.132. The van der Waals surface area contributed by atoms with Crippen molar-refractivity contribution in [3.63, 3.8) is 0 Å². The molecule has 0 aromatic carbocycles. The van der Waals surface area contributed by atoms with Gasteiger partial charge in [0, 0.05) is 36.4 Å². The molecular formula is C19H28N4O3S2. The summed E-state index contributed by atoms with van der Waals surface area (Å²) in [7, 11) is -3.65. The predicted octanol–water partition coefficient (Wildman–Crippen LogP) is 3.01. The monoisotopic (exact) mass is 424 g/mol. The molecule has 3 heterocycles. The van der Waals surface area contributed by atoms with E-state index in [0.29, 0.717) is 17.1 Å². The van der Waals surface area contributed by atoms with Crippen LogP contribution in [0.2, 0.25) is 0 Å². The van der Waals surface area contributed by atoms with Crippen LogP contribution in [0, 0.1) is 6.92 Å². The zero-order valence-electron chi connectivity index (χ0n) is 16.6. The number of rotatable bonds is 7. The van der Waals surface area contributed by atoms with E-state index in [1.807, 2.05) is 31.1 Å². The molecule has 1 aliphatic heterocycles. The lowest BCUT2D eigenvalue weighted by Crippen LogP contribution is -2.37. The van der Waals surface area contributed by atoms with Crippen molar-refractivity contribution in [3.05, 3.63) is 23.3 Å². The minimum atomic E-state index is -3.65. The number of nitrogens with one attached hydrogen (secondary N) is 1. The van der Waals surface area contributed by atoms with Crippen LogP contribution in [0.1, 0.15) is 45.2 Å². The molecule has 1 aliphatic rings. The maximum Gasteiger partial charge on any atom is 0.242 e. The quantitative estimate of drug-likeness (QED) is 0.740. The van der Waals surface area contributed by atoms with E-state index >= 15 is 0 Å². The van der Waals surface area contributed by atoms with Crippen LogP contribution in [0.25, 0.3) is 10.7 Å². The summed E-state index contributed by atoms with van der Waals surface area (Å²) < 4.78 is 29.9. The largest absolute Gasteiger partial charge is 0.341 e. The summed E-state index contributed by atoms with van der Waals surface area (Å²) in [6, 6.07) is 1.46. The second-order valence-electron chi connectivity index (χ2n) is 7.36. The molecule has 28 heavy (non-hydrogen) atoms. The summed E-state index contributed by atoms with van der Waals surface area (Å²) in [5, 5.41) is 2.64. The first-order chi connectivity index (χ1) is 13.3. The molecule has 1 saturated heterocycles. The third kappa shape index (κ3) is 4.82. The van der Waals surface area contributed by atoms with Crippen molar-refractivity contribution in [1.29, 1.82) is 0 Å². The fourth-order valence-electron chi connectivity index (χ4n) is 3.22. The molecule has 7 nitrogen and oxygen atoms in total. The highest BCUT2D eigenvalue weighted by molar-refractivity contribution is 7.89. The van der Waals surface area contributed by atoms with Crippen molar-refractivity contribution in [2.24, 2.45) is 0 Å². The molecule has 1 unspecified atom stereocenters. The Balaban J connectivity index is 1.92. The van der Waals surface area contributed by atoms with Gasteiger partial charge in [-0.3, -0.25) is 4.79 Å². The van der Waals surface area contributed by atoms with Gasteiger partial charge in [0.05, 0.1) is 5.69 Å². The first-order valence-corrected chi connectivity index (χ1v) is 12.1. The summed E-state index contributed by atoms with van der Waals surface area (Å²) in [6.45, 7) is 7.32. The molecule has 9 heteroatoms. The molecule has 1 amide bonds. The van der Waals surface area contributed by atoms with Crippen molar-refractivity contribution in [2.45, 2.75) is 63.9 Å². The Morgan fingerprint density at radius 3 is 2.64 bits per heavy atom. The summed E-state index contributed by atoms with van der Waals surface area (Å²) in [6.07, 6.45) is 5.45. The van der Waals surface area contributed by atoms with E-state index in [0.717, 1.165) is 38.0 Å². The first-order valence-electron chi connectivity index (χ1n) is 9.73. The van der Waals surface area contributed by atoms with Crippen LogP contribution in [0.4, 0.5) is 0 Å². The molecule has 0 spiro atoms. The third-order valence-corrected chi connectivity index (χ3v) is 7.54. The number of amides is 1. The maximum absolute atomic E-state index is 12.8. The van der Waals surface area contributed by atoms with Gasteiger partial charge >= 0.3 is 0 Å². The first kappa shape index (κ1) is 21.0. The van der Waals surface area contributed by atoms with Gasteiger partial charge in [-0.1, -0.05) is 6.92 Å². The van der Waals surface area contributed by atoms with E-state index in [4.69, 9.17) is 0 Å². The number of sulfonamides is 1. The lowest BCUT2D eigenvalue weighted by atomic mass is 10.1. The van der Waals surface area contributed by atoms with Gasteiger partial charge in [-0.2, -0.15) is 0 Å². The van der Waals surface area contributed by atoms with Crippen molar-refractivity contribution in [3.8, 4) is 10.7 Å². The summed E-state index contributed by atoms with van der Waals surface area (Å²) in [5.41, 5.74) is 1.53. The van der Waals surface area contributed by atoms with Gasteiger partial charge in [-0.15, -0.1) is 11.3 Å². The molecule has 2 aromatic heterocycles. The average Bonchev–Trinajstić information content (AvgIpc) is 3.28. The van der Waals surface area contributed by atoms with E-state index in [1.165, 1.54) is 11.3 Å². The van der Waals surface area contributed by atoms with Crippen LogP contribution in [0.5, 0.6) is 0 Å². The van der Waals surface area contributed by atoms with Crippen molar-refractivity contribution < 1.29 is 13.2 Å². The molecule has 0 radical (unpaired) electrons. The zero-order valence-corrected chi connectivity index (χ0v) is 18.3.